The van der Waals surface area contributed by atoms with Gasteiger partial charge in [0.15, 0.2) is 11.4 Å². The molecule has 0 aliphatic heterocycles. The number of hydrogen-bond acceptors (Lipinski definition) is 5. The zero-order valence-corrected chi connectivity index (χ0v) is 22.4. The van der Waals surface area contributed by atoms with Crippen LogP contribution in [0.5, 0.6) is 5.75 Å². The van der Waals surface area contributed by atoms with Gasteiger partial charge in [0.2, 0.25) is 5.89 Å². The van der Waals surface area contributed by atoms with Crippen molar-refractivity contribution in [2.75, 3.05) is 0 Å². The van der Waals surface area contributed by atoms with Crippen LogP contribution < -0.4 is 18.9 Å². The van der Waals surface area contributed by atoms with Gasteiger partial charge in [-0.1, -0.05) is 97.1 Å². The first kappa shape index (κ1) is 26.3. The molecule has 0 aliphatic rings. The van der Waals surface area contributed by atoms with Crippen molar-refractivity contribution in [1.82, 2.24) is 15.0 Å². The fraction of sp³-hybridized carbons (Fsp3) is 0. The van der Waals surface area contributed by atoms with Crippen molar-refractivity contribution in [2.45, 2.75) is 0 Å². The third kappa shape index (κ3) is 5.29. The Bertz CT molecular complexity index is 1890. The summed E-state index contributed by atoms with van der Waals surface area (Å²) in [6.45, 7) is 0. The summed E-state index contributed by atoms with van der Waals surface area (Å²) in [6.07, 6.45) is 0. The quantitative estimate of drug-likeness (QED) is 0.289. The molecule has 7 aromatic rings. The van der Waals surface area contributed by atoms with E-state index in [2.05, 4.69) is 35.3 Å². The number of rotatable bonds is 5. The third-order valence-corrected chi connectivity index (χ3v) is 6.84. The van der Waals surface area contributed by atoms with E-state index in [9.17, 15) is 5.11 Å². The van der Waals surface area contributed by atoms with Crippen LogP contribution >= 0.6 is 0 Å². The van der Waals surface area contributed by atoms with Crippen LogP contribution in [0.1, 0.15) is 1.43 Å². The summed E-state index contributed by atoms with van der Waals surface area (Å²) in [6, 6.07) is 43.5. The summed E-state index contributed by atoms with van der Waals surface area (Å²) in [5, 5.41) is 10.7. The molecule has 5 nitrogen and oxygen atoms in total. The molecular weight excluding hydrogens is 501 g/mol. The fourth-order valence-electron chi connectivity index (χ4n) is 4.80. The Kier molecular flexibility index (Phi) is 7.22. The van der Waals surface area contributed by atoms with E-state index in [4.69, 9.17) is 14.4 Å². The molecule has 0 amide bonds. The molecule has 0 saturated heterocycles. The number of benzene rings is 5. The van der Waals surface area contributed by atoms with E-state index < -0.39 is 0 Å². The maximum atomic E-state index is 10.7. The van der Waals surface area contributed by atoms with E-state index in [0.717, 1.165) is 44.7 Å². The molecule has 6 heteroatoms. The zero-order chi connectivity index (χ0) is 26.9. The van der Waals surface area contributed by atoms with Crippen LogP contribution in [-0.2, 0) is 0 Å². The van der Waals surface area contributed by atoms with Gasteiger partial charge in [0.05, 0.1) is 17.0 Å². The molecule has 5 aromatic carbocycles. The molecule has 0 spiro atoms. The molecule has 0 fully saturated rings. The normalized spacial score (nSPS) is 10.8. The van der Waals surface area contributed by atoms with E-state index in [1.54, 1.807) is 6.07 Å². The third-order valence-electron chi connectivity index (χ3n) is 6.84. The molecule has 192 valence electrons. The van der Waals surface area contributed by atoms with Gasteiger partial charge in [-0.2, -0.15) is 0 Å². The minimum atomic E-state index is 0. The van der Waals surface area contributed by atoms with Gasteiger partial charge in [0, 0.05) is 16.7 Å². The maximum absolute atomic E-state index is 10.7. The Labute approximate surface area is 250 Å². The van der Waals surface area contributed by atoms with Crippen LogP contribution in [0, 0.1) is 0 Å². The summed E-state index contributed by atoms with van der Waals surface area (Å²) in [5.74, 6) is 1.13. The number of oxazole rings is 1. The van der Waals surface area contributed by atoms with Gasteiger partial charge in [-0.3, -0.25) is 0 Å². The molecule has 41 heavy (non-hydrogen) atoms. The minimum Gasteiger partial charge on any atom is -1.00 e. The Balaban J connectivity index is 0.00000176. The van der Waals surface area contributed by atoms with Gasteiger partial charge in [-0.25, -0.2) is 15.0 Å². The summed E-state index contributed by atoms with van der Waals surface area (Å²) in [4.78, 5) is 14.5. The summed E-state index contributed by atoms with van der Waals surface area (Å²) in [5.41, 5.74) is 8.50. The smallest absolute Gasteiger partial charge is 1.00 e. The van der Waals surface area contributed by atoms with Crippen molar-refractivity contribution in [1.29, 1.82) is 0 Å². The molecule has 0 saturated carbocycles. The second-order valence-corrected chi connectivity index (χ2v) is 9.49. The monoisotopic (exact) mass is 525 g/mol. The predicted molar refractivity (Wildman–Crippen MR) is 160 cm³/mol. The van der Waals surface area contributed by atoms with Crippen molar-refractivity contribution in [3.63, 3.8) is 0 Å². The standard InChI is InChI=1S/C35H23N3O2.Li.H/c39-32-19-18-26(21-28(32)35-38-29-16-7-8-17-33(29)40-35)25-14-9-15-27(20-25)34-36-30(23-10-3-1-4-11-23)22-31(37-34)24-12-5-2-6-13-24;;/h1-22,39H;;/q;+1;-1. The topological polar surface area (TPSA) is 72.0 Å². The van der Waals surface area contributed by atoms with Crippen molar-refractivity contribution >= 4 is 11.1 Å². The van der Waals surface area contributed by atoms with Crippen LogP contribution in [0.4, 0.5) is 0 Å². The number of nitrogens with zero attached hydrogens (tertiary/aromatic N) is 3. The first-order valence-electron chi connectivity index (χ1n) is 13.0. The molecule has 0 radical (unpaired) electrons. The zero-order valence-electron chi connectivity index (χ0n) is 23.4. The number of hydrogen-bond donors (Lipinski definition) is 1. The predicted octanol–water partition coefficient (Wildman–Crippen LogP) is 5.77. The number of fused-ring (bicyclic) bond motifs is 1. The van der Waals surface area contributed by atoms with Crippen molar-refractivity contribution in [2.24, 2.45) is 0 Å². The largest absolute Gasteiger partial charge is 1.00 e. The molecule has 1 N–H and O–H groups in total. The van der Waals surface area contributed by atoms with E-state index in [0.29, 0.717) is 22.9 Å². The van der Waals surface area contributed by atoms with Gasteiger partial charge in [-0.05, 0) is 47.5 Å². The first-order chi connectivity index (χ1) is 19.7. The molecule has 2 heterocycles. The summed E-state index contributed by atoms with van der Waals surface area (Å²) in [7, 11) is 0. The Morgan fingerprint density at radius 3 is 1.78 bits per heavy atom. The summed E-state index contributed by atoms with van der Waals surface area (Å²) >= 11 is 0. The SMILES string of the molecule is Oc1ccc(-c2cccc(-c3nc(-c4ccccc4)cc(-c4ccccc4)n3)c2)cc1-c1nc2ccccc2o1.[H-].[Li+]. The average molecular weight is 526 g/mol. The van der Waals surface area contributed by atoms with E-state index in [1.165, 1.54) is 0 Å². The number of aromatic hydroxyl groups is 1. The van der Waals surface area contributed by atoms with Gasteiger partial charge >= 0.3 is 18.9 Å². The molecule has 0 bridgehead atoms. The molecule has 2 aromatic heterocycles. The second-order valence-electron chi connectivity index (χ2n) is 9.49. The number of aromatic nitrogens is 3. The van der Waals surface area contributed by atoms with Gasteiger partial charge in [0.1, 0.15) is 11.3 Å². The Morgan fingerprint density at radius 2 is 1.10 bits per heavy atom. The maximum Gasteiger partial charge on any atom is 1.00 e. The molecule has 0 aliphatic carbocycles. The average Bonchev–Trinajstić information content (AvgIpc) is 3.46. The molecule has 0 atom stereocenters. The van der Waals surface area contributed by atoms with E-state index >= 15 is 0 Å². The van der Waals surface area contributed by atoms with Crippen LogP contribution in [-0.4, -0.2) is 20.1 Å². The van der Waals surface area contributed by atoms with Gasteiger partial charge in [-0.15, -0.1) is 0 Å². The van der Waals surface area contributed by atoms with E-state index in [-0.39, 0.29) is 26.0 Å². The van der Waals surface area contributed by atoms with Crippen molar-refractivity contribution in [3.8, 4) is 62.2 Å². The van der Waals surface area contributed by atoms with Crippen LogP contribution in [0.2, 0.25) is 0 Å². The van der Waals surface area contributed by atoms with Gasteiger partial charge in [0.25, 0.3) is 0 Å². The number of para-hydroxylation sites is 2. The summed E-state index contributed by atoms with van der Waals surface area (Å²) < 4.78 is 5.94. The second kappa shape index (κ2) is 11.3. The van der Waals surface area contributed by atoms with E-state index in [1.807, 2.05) is 97.1 Å². The Hall–Kier alpha value is -4.95. The van der Waals surface area contributed by atoms with Crippen molar-refractivity contribution in [3.05, 3.63) is 133 Å². The molecular formula is C35H24LiN3O2. The minimum absolute atomic E-state index is 0. The van der Waals surface area contributed by atoms with Crippen LogP contribution in [0.3, 0.4) is 0 Å². The van der Waals surface area contributed by atoms with Crippen LogP contribution in [0.25, 0.3) is 67.6 Å². The molecule has 7 rings (SSSR count). The number of phenols is 1. The Morgan fingerprint density at radius 1 is 0.512 bits per heavy atom. The fourth-order valence-corrected chi connectivity index (χ4v) is 4.80. The van der Waals surface area contributed by atoms with Crippen molar-refractivity contribution < 1.29 is 29.8 Å². The first-order valence-corrected chi connectivity index (χ1v) is 13.0. The van der Waals surface area contributed by atoms with Gasteiger partial charge < -0.3 is 11.0 Å². The number of phenolic OH excluding ortho intramolecular Hbond substituents is 1. The van der Waals surface area contributed by atoms with Crippen LogP contribution in [0.15, 0.2) is 138 Å². The molecule has 0 unspecified atom stereocenters.